The Balaban J connectivity index is 1.94. The molecule has 0 bridgehead atoms. The van der Waals surface area contributed by atoms with Gasteiger partial charge >= 0.3 is 0 Å². The molecule has 0 amide bonds. The maximum Gasteiger partial charge on any atom is 0.127 e. The van der Waals surface area contributed by atoms with Crippen LogP contribution in [0, 0.1) is 0 Å². The van der Waals surface area contributed by atoms with Crippen molar-refractivity contribution in [1.82, 2.24) is 5.32 Å². The van der Waals surface area contributed by atoms with Crippen LogP contribution in [0.3, 0.4) is 0 Å². The smallest absolute Gasteiger partial charge is 0.127 e. The third kappa shape index (κ3) is 2.99. The molecular formula is C16H16BrNO. The molecule has 2 aromatic carbocycles. The highest BCUT2D eigenvalue weighted by atomic mass is 79.9. The fourth-order valence-electron chi connectivity index (χ4n) is 2.36. The molecule has 2 nitrogen and oxygen atoms in total. The SMILES string of the molecule is Brc1ccc(O[C@H]2CCNC2)c(-c2ccccc2)c1. The monoisotopic (exact) mass is 317 g/mol. The second-order valence-electron chi connectivity index (χ2n) is 4.74. The second kappa shape index (κ2) is 5.76. The minimum absolute atomic E-state index is 0.281. The van der Waals surface area contributed by atoms with Gasteiger partial charge in [-0.3, -0.25) is 0 Å². The summed E-state index contributed by atoms with van der Waals surface area (Å²) in [5, 5.41) is 3.33. The summed E-state index contributed by atoms with van der Waals surface area (Å²) in [6.45, 7) is 1.98. The van der Waals surface area contributed by atoms with Gasteiger partial charge in [-0.15, -0.1) is 0 Å². The van der Waals surface area contributed by atoms with Gasteiger partial charge in [0, 0.05) is 16.6 Å². The molecule has 1 atom stereocenters. The summed E-state index contributed by atoms with van der Waals surface area (Å²) in [6, 6.07) is 16.6. The molecule has 3 rings (SSSR count). The van der Waals surface area contributed by atoms with Gasteiger partial charge in [0.15, 0.2) is 0 Å². The number of ether oxygens (including phenoxy) is 1. The Morgan fingerprint density at radius 2 is 1.95 bits per heavy atom. The van der Waals surface area contributed by atoms with Crippen LogP contribution in [0.5, 0.6) is 5.75 Å². The van der Waals surface area contributed by atoms with E-state index in [1.54, 1.807) is 0 Å². The first-order valence-corrected chi connectivity index (χ1v) is 7.34. The highest BCUT2D eigenvalue weighted by molar-refractivity contribution is 9.10. The molecule has 1 N–H and O–H groups in total. The van der Waals surface area contributed by atoms with E-state index in [0.29, 0.717) is 0 Å². The van der Waals surface area contributed by atoms with E-state index in [4.69, 9.17) is 4.74 Å². The lowest BCUT2D eigenvalue weighted by molar-refractivity contribution is 0.224. The summed E-state index contributed by atoms with van der Waals surface area (Å²) >= 11 is 3.54. The first kappa shape index (κ1) is 12.7. The zero-order valence-electron chi connectivity index (χ0n) is 10.6. The van der Waals surface area contributed by atoms with E-state index < -0.39 is 0 Å². The lowest BCUT2D eigenvalue weighted by Crippen LogP contribution is -2.19. The van der Waals surface area contributed by atoms with E-state index in [1.807, 2.05) is 18.2 Å². The van der Waals surface area contributed by atoms with Gasteiger partial charge in [0.05, 0.1) is 0 Å². The molecular weight excluding hydrogens is 302 g/mol. The van der Waals surface area contributed by atoms with Gasteiger partial charge in [-0.05, 0) is 36.7 Å². The summed E-state index contributed by atoms with van der Waals surface area (Å²) in [4.78, 5) is 0. The lowest BCUT2D eigenvalue weighted by Gasteiger charge is -2.16. The van der Waals surface area contributed by atoms with Crippen LogP contribution in [0.4, 0.5) is 0 Å². The molecule has 1 aliphatic heterocycles. The van der Waals surface area contributed by atoms with Crippen LogP contribution in [-0.2, 0) is 0 Å². The van der Waals surface area contributed by atoms with Gasteiger partial charge < -0.3 is 10.1 Å². The van der Waals surface area contributed by atoms with Gasteiger partial charge in [0.25, 0.3) is 0 Å². The number of rotatable bonds is 3. The van der Waals surface area contributed by atoms with Crippen LogP contribution in [0.1, 0.15) is 6.42 Å². The average molecular weight is 318 g/mol. The van der Waals surface area contributed by atoms with Gasteiger partial charge in [-0.2, -0.15) is 0 Å². The number of hydrogen-bond acceptors (Lipinski definition) is 2. The van der Waals surface area contributed by atoms with Crippen molar-refractivity contribution in [2.45, 2.75) is 12.5 Å². The maximum atomic E-state index is 6.13. The number of halogens is 1. The minimum atomic E-state index is 0.281. The summed E-state index contributed by atoms with van der Waals surface area (Å²) in [5.74, 6) is 0.961. The van der Waals surface area contributed by atoms with Crippen molar-refractivity contribution in [2.75, 3.05) is 13.1 Å². The first-order chi connectivity index (χ1) is 9.33. The van der Waals surface area contributed by atoms with Crippen molar-refractivity contribution in [3.05, 3.63) is 53.0 Å². The van der Waals surface area contributed by atoms with Gasteiger partial charge in [0.1, 0.15) is 11.9 Å². The molecule has 19 heavy (non-hydrogen) atoms. The molecule has 0 radical (unpaired) electrons. The Kier molecular flexibility index (Phi) is 3.85. The molecule has 0 aromatic heterocycles. The van der Waals surface area contributed by atoms with Crippen molar-refractivity contribution in [1.29, 1.82) is 0 Å². The number of hydrogen-bond donors (Lipinski definition) is 1. The van der Waals surface area contributed by atoms with E-state index in [2.05, 4.69) is 51.6 Å². The van der Waals surface area contributed by atoms with Gasteiger partial charge in [-0.1, -0.05) is 46.3 Å². The standard InChI is InChI=1S/C16H16BrNO/c17-13-6-7-16(19-14-8-9-18-11-14)15(10-13)12-4-2-1-3-5-12/h1-7,10,14,18H,8-9,11H2/t14-/m0/s1. The maximum absolute atomic E-state index is 6.13. The third-order valence-corrected chi connectivity index (χ3v) is 3.83. The van der Waals surface area contributed by atoms with E-state index in [0.717, 1.165) is 35.3 Å². The van der Waals surface area contributed by atoms with Crippen LogP contribution in [-0.4, -0.2) is 19.2 Å². The van der Waals surface area contributed by atoms with Crippen LogP contribution < -0.4 is 10.1 Å². The molecule has 1 saturated heterocycles. The largest absolute Gasteiger partial charge is 0.488 e. The van der Waals surface area contributed by atoms with Crippen molar-refractivity contribution in [2.24, 2.45) is 0 Å². The fraction of sp³-hybridized carbons (Fsp3) is 0.250. The second-order valence-corrected chi connectivity index (χ2v) is 5.65. The molecule has 0 spiro atoms. The summed E-state index contributed by atoms with van der Waals surface area (Å²) < 4.78 is 7.20. The fourth-order valence-corrected chi connectivity index (χ4v) is 2.72. The van der Waals surface area contributed by atoms with E-state index in [1.165, 1.54) is 5.56 Å². The quantitative estimate of drug-likeness (QED) is 0.928. The van der Waals surface area contributed by atoms with Crippen molar-refractivity contribution >= 4 is 15.9 Å². The summed E-state index contributed by atoms with van der Waals surface area (Å²) in [7, 11) is 0. The highest BCUT2D eigenvalue weighted by Gasteiger charge is 2.18. The topological polar surface area (TPSA) is 21.3 Å². The molecule has 1 fully saturated rings. The van der Waals surface area contributed by atoms with Gasteiger partial charge in [-0.25, -0.2) is 0 Å². The zero-order chi connectivity index (χ0) is 13.1. The first-order valence-electron chi connectivity index (χ1n) is 6.55. The van der Waals surface area contributed by atoms with Crippen LogP contribution in [0.15, 0.2) is 53.0 Å². The summed E-state index contributed by atoms with van der Waals surface area (Å²) in [5.41, 5.74) is 2.33. The molecule has 98 valence electrons. The predicted molar refractivity (Wildman–Crippen MR) is 81.5 cm³/mol. The average Bonchev–Trinajstić information content (AvgIpc) is 2.95. The molecule has 1 heterocycles. The van der Waals surface area contributed by atoms with Crippen LogP contribution >= 0.6 is 15.9 Å². The van der Waals surface area contributed by atoms with E-state index >= 15 is 0 Å². The molecule has 3 heteroatoms. The minimum Gasteiger partial charge on any atom is -0.488 e. The molecule has 2 aromatic rings. The Morgan fingerprint density at radius 1 is 1.11 bits per heavy atom. The van der Waals surface area contributed by atoms with Crippen molar-refractivity contribution < 1.29 is 4.74 Å². The Hall–Kier alpha value is -1.32. The molecule has 0 saturated carbocycles. The van der Waals surface area contributed by atoms with Gasteiger partial charge in [0.2, 0.25) is 0 Å². The Labute approximate surface area is 121 Å². The molecule has 0 aliphatic carbocycles. The highest BCUT2D eigenvalue weighted by Crippen LogP contribution is 2.33. The number of benzene rings is 2. The molecule has 1 aliphatic rings. The number of nitrogens with one attached hydrogen (secondary N) is 1. The Bertz CT molecular complexity index is 550. The zero-order valence-corrected chi connectivity index (χ0v) is 12.2. The van der Waals surface area contributed by atoms with Crippen LogP contribution in [0.25, 0.3) is 11.1 Å². The van der Waals surface area contributed by atoms with E-state index in [9.17, 15) is 0 Å². The van der Waals surface area contributed by atoms with Crippen LogP contribution in [0.2, 0.25) is 0 Å². The van der Waals surface area contributed by atoms with E-state index in [-0.39, 0.29) is 6.10 Å². The lowest BCUT2D eigenvalue weighted by atomic mass is 10.0. The Morgan fingerprint density at radius 3 is 2.68 bits per heavy atom. The third-order valence-electron chi connectivity index (χ3n) is 3.34. The summed E-state index contributed by atoms with van der Waals surface area (Å²) in [6.07, 6.45) is 1.35. The van der Waals surface area contributed by atoms with Crippen molar-refractivity contribution in [3.63, 3.8) is 0 Å². The normalized spacial score (nSPS) is 18.5. The van der Waals surface area contributed by atoms with Crippen molar-refractivity contribution in [3.8, 4) is 16.9 Å². The predicted octanol–water partition coefficient (Wildman–Crippen LogP) is 3.86. The molecule has 0 unspecified atom stereocenters.